The van der Waals surface area contributed by atoms with Crippen LogP contribution in [0.15, 0.2) is 24.3 Å². The van der Waals surface area contributed by atoms with Crippen LogP contribution in [0.25, 0.3) is 0 Å². The predicted octanol–water partition coefficient (Wildman–Crippen LogP) is 4.78. The van der Waals surface area contributed by atoms with E-state index in [1.54, 1.807) is 7.11 Å². The molecule has 0 spiro atoms. The van der Waals surface area contributed by atoms with Gasteiger partial charge in [0, 0.05) is 12.5 Å². The molecule has 5 rings (SSSR count). The fraction of sp³-hybridized carbons (Fsp3) is 0.704. The number of benzene rings is 1. The molecule has 4 aliphatic rings. The van der Waals surface area contributed by atoms with Crippen LogP contribution in [0.5, 0.6) is 5.75 Å². The van der Waals surface area contributed by atoms with Crippen LogP contribution in [0.2, 0.25) is 0 Å². The highest BCUT2D eigenvalue weighted by Crippen LogP contribution is 2.70. The maximum absolute atomic E-state index is 13.0. The van der Waals surface area contributed by atoms with Crippen molar-refractivity contribution in [1.82, 2.24) is 5.32 Å². The molecule has 0 bridgehead atoms. The summed E-state index contributed by atoms with van der Waals surface area (Å²) in [5.41, 5.74) is -0.0790. The first-order valence-corrected chi connectivity index (χ1v) is 12.3. The number of fused-ring (bicyclic) bond motifs is 5. The number of rotatable bonds is 3. The lowest BCUT2D eigenvalue weighted by atomic mass is 9.43. The summed E-state index contributed by atoms with van der Waals surface area (Å²) in [6, 6.07) is 8.02. The number of amides is 1. The maximum Gasteiger partial charge on any atom is 0.314 e. The van der Waals surface area contributed by atoms with Gasteiger partial charge in [-0.1, -0.05) is 32.9 Å². The average Bonchev–Trinajstić information content (AvgIpc) is 3.09. The van der Waals surface area contributed by atoms with Gasteiger partial charge in [-0.25, -0.2) is 0 Å². The molecule has 1 aromatic carbocycles. The normalized spacial score (nSPS) is 45.2. The Morgan fingerprint density at radius 1 is 1.09 bits per heavy atom. The number of hydrogen-bond acceptors (Lipinski definition) is 3. The molecule has 1 saturated heterocycles. The molecule has 174 valence electrons. The molecule has 0 aromatic heterocycles. The Morgan fingerprint density at radius 2 is 1.78 bits per heavy atom. The van der Waals surface area contributed by atoms with Crippen molar-refractivity contribution < 1.29 is 19.4 Å². The summed E-state index contributed by atoms with van der Waals surface area (Å²) in [5.74, 6) is 2.23. The lowest BCUT2D eigenvalue weighted by Crippen LogP contribution is -2.64. The fourth-order valence-electron chi connectivity index (χ4n) is 8.91. The Balaban J connectivity index is 1.55. The van der Waals surface area contributed by atoms with Crippen molar-refractivity contribution in [2.24, 2.45) is 34.5 Å². The van der Waals surface area contributed by atoms with E-state index in [-0.39, 0.29) is 22.8 Å². The number of piperidine rings is 1. The molecule has 4 fully saturated rings. The summed E-state index contributed by atoms with van der Waals surface area (Å²) < 4.78 is 5.33. The Hall–Kier alpha value is -2.04. The number of methoxy groups -OCH3 is 1. The summed E-state index contributed by atoms with van der Waals surface area (Å²) in [4.78, 5) is 25.2. The molecular weight excluding hydrogens is 402 g/mol. The number of aliphatic carboxylic acids is 1. The fourth-order valence-corrected chi connectivity index (χ4v) is 8.91. The first kappa shape index (κ1) is 21.8. The van der Waals surface area contributed by atoms with Crippen molar-refractivity contribution >= 4 is 11.9 Å². The quantitative estimate of drug-likeness (QED) is 0.710. The topological polar surface area (TPSA) is 75.6 Å². The van der Waals surface area contributed by atoms with E-state index in [1.807, 2.05) is 24.3 Å². The highest BCUT2D eigenvalue weighted by Gasteiger charge is 2.69. The second kappa shape index (κ2) is 7.23. The molecule has 1 amide bonds. The minimum absolute atomic E-state index is 0.126. The first-order chi connectivity index (χ1) is 15.2. The second-order valence-corrected chi connectivity index (χ2v) is 11.6. The monoisotopic (exact) mass is 439 g/mol. The Morgan fingerprint density at radius 3 is 2.44 bits per heavy atom. The lowest BCUT2D eigenvalue weighted by Gasteiger charge is -2.63. The van der Waals surface area contributed by atoms with Crippen molar-refractivity contribution in [3.8, 4) is 5.75 Å². The summed E-state index contributed by atoms with van der Waals surface area (Å²) in [7, 11) is 1.64. The first-order valence-electron chi connectivity index (χ1n) is 12.3. The van der Waals surface area contributed by atoms with E-state index >= 15 is 0 Å². The van der Waals surface area contributed by atoms with Crippen molar-refractivity contribution in [2.45, 2.75) is 77.2 Å². The van der Waals surface area contributed by atoms with Crippen LogP contribution < -0.4 is 10.1 Å². The summed E-state index contributed by atoms with van der Waals surface area (Å²) in [6.45, 7) is 7.01. The number of carbonyl (C=O) groups excluding carboxylic acids is 1. The smallest absolute Gasteiger partial charge is 0.314 e. The van der Waals surface area contributed by atoms with Gasteiger partial charge >= 0.3 is 5.97 Å². The van der Waals surface area contributed by atoms with Crippen molar-refractivity contribution in [1.29, 1.82) is 0 Å². The van der Waals surface area contributed by atoms with E-state index in [2.05, 4.69) is 26.1 Å². The third-order valence-corrected chi connectivity index (χ3v) is 10.6. The van der Waals surface area contributed by atoms with Gasteiger partial charge in [0.25, 0.3) is 0 Å². The van der Waals surface area contributed by atoms with Gasteiger partial charge in [-0.05, 0) is 90.7 Å². The minimum Gasteiger partial charge on any atom is -0.497 e. The Labute approximate surface area is 191 Å². The minimum atomic E-state index is -0.854. The van der Waals surface area contributed by atoms with Gasteiger partial charge in [-0.2, -0.15) is 0 Å². The highest BCUT2D eigenvalue weighted by molar-refractivity contribution is 5.83. The van der Waals surface area contributed by atoms with Crippen LogP contribution >= 0.6 is 0 Å². The molecule has 3 aliphatic carbocycles. The number of carboxylic acids is 1. The van der Waals surface area contributed by atoms with E-state index < -0.39 is 11.4 Å². The van der Waals surface area contributed by atoms with Gasteiger partial charge < -0.3 is 15.2 Å². The van der Waals surface area contributed by atoms with E-state index in [0.29, 0.717) is 36.5 Å². The predicted molar refractivity (Wildman–Crippen MR) is 122 cm³/mol. The molecule has 1 aliphatic heterocycles. The second-order valence-electron chi connectivity index (χ2n) is 11.6. The highest BCUT2D eigenvalue weighted by atomic mass is 16.5. The molecule has 8 atom stereocenters. The van der Waals surface area contributed by atoms with Crippen LogP contribution in [0.4, 0.5) is 0 Å². The van der Waals surface area contributed by atoms with E-state index in [4.69, 9.17) is 4.74 Å². The van der Waals surface area contributed by atoms with Crippen LogP contribution in [0.1, 0.15) is 71.3 Å². The van der Waals surface area contributed by atoms with Crippen molar-refractivity contribution in [3.05, 3.63) is 29.8 Å². The van der Waals surface area contributed by atoms with Gasteiger partial charge in [0.05, 0.1) is 12.5 Å². The molecule has 2 N–H and O–H groups in total. The van der Waals surface area contributed by atoms with Gasteiger partial charge in [-0.3, -0.25) is 9.59 Å². The average molecular weight is 440 g/mol. The van der Waals surface area contributed by atoms with Gasteiger partial charge in [0.1, 0.15) is 5.75 Å². The van der Waals surface area contributed by atoms with E-state index in [1.165, 1.54) is 0 Å². The van der Waals surface area contributed by atoms with Crippen LogP contribution in [-0.4, -0.2) is 30.1 Å². The van der Waals surface area contributed by atoms with E-state index in [0.717, 1.165) is 43.4 Å². The molecule has 5 nitrogen and oxygen atoms in total. The number of hydrogen-bond donors (Lipinski definition) is 2. The zero-order chi connectivity index (χ0) is 22.9. The molecule has 1 aromatic rings. The molecular formula is C27H37NO4. The van der Waals surface area contributed by atoms with Gasteiger partial charge in [0.15, 0.2) is 0 Å². The molecule has 3 saturated carbocycles. The van der Waals surface area contributed by atoms with Crippen LogP contribution in [0.3, 0.4) is 0 Å². The molecule has 32 heavy (non-hydrogen) atoms. The van der Waals surface area contributed by atoms with Crippen molar-refractivity contribution in [3.63, 3.8) is 0 Å². The summed E-state index contributed by atoms with van der Waals surface area (Å²) in [5, 5.41) is 14.0. The number of carboxylic acid groups (broad SMARTS) is 1. The Bertz CT molecular complexity index is 928. The maximum atomic E-state index is 13.0. The largest absolute Gasteiger partial charge is 0.497 e. The standard InChI is InChI=1S/C27H37NO4/c1-16-15-21-25(2,12-11-22(29)28-21)19-9-13-26(3)20(23(16)19)10-14-27(26,24(30)31)17-5-7-18(32-4)8-6-17/h5-8,16,19-21,23H,9-15H2,1-4H3,(H,28,29)(H,30,31)/t16?,19-,20+,21?,23-,25-,26+,27?/m1/s1. The van der Waals surface area contributed by atoms with Crippen molar-refractivity contribution in [2.75, 3.05) is 7.11 Å². The number of ether oxygens (including phenoxy) is 1. The van der Waals surface area contributed by atoms with Crippen LogP contribution in [0, 0.1) is 34.5 Å². The summed E-state index contributed by atoms with van der Waals surface area (Å²) in [6.07, 6.45) is 6.24. The third kappa shape index (κ3) is 2.69. The number of carbonyl (C=O) groups is 2. The lowest BCUT2D eigenvalue weighted by molar-refractivity contribution is -0.161. The van der Waals surface area contributed by atoms with Crippen LogP contribution in [-0.2, 0) is 15.0 Å². The SMILES string of the molecule is COc1ccc(C2(C(=O)O)CC[C@H]3[C@@H]4C(C)CC5NC(=O)CC[C@]5(C)[C@@H]4CC[C@@]32C)cc1. The zero-order valence-electron chi connectivity index (χ0n) is 19.8. The van der Waals surface area contributed by atoms with Gasteiger partial charge in [0.2, 0.25) is 5.91 Å². The molecule has 1 heterocycles. The van der Waals surface area contributed by atoms with E-state index in [9.17, 15) is 14.7 Å². The zero-order valence-corrected chi connectivity index (χ0v) is 19.8. The summed E-state index contributed by atoms with van der Waals surface area (Å²) >= 11 is 0. The number of nitrogens with one attached hydrogen (secondary N) is 1. The third-order valence-electron chi connectivity index (χ3n) is 10.6. The molecule has 5 heteroatoms. The van der Waals surface area contributed by atoms with Gasteiger partial charge in [-0.15, -0.1) is 0 Å². The Kier molecular flexibility index (Phi) is 4.92. The molecule has 0 radical (unpaired) electrons. The molecule has 3 unspecified atom stereocenters.